The average Bonchev–Trinajstić information content (AvgIpc) is 2.68. The number of amides is 1. The third-order valence-corrected chi connectivity index (χ3v) is 4.52. The fourth-order valence-corrected chi connectivity index (χ4v) is 2.95. The molecule has 4 heteroatoms. The van der Waals surface area contributed by atoms with E-state index in [9.17, 15) is 4.79 Å². The summed E-state index contributed by atoms with van der Waals surface area (Å²) in [5.74, 6) is 0.696. The van der Waals surface area contributed by atoms with E-state index in [0.29, 0.717) is 0 Å². The first-order valence-corrected chi connectivity index (χ1v) is 8.76. The van der Waals surface area contributed by atoms with Gasteiger partial charge in [-0.25, -0.2) is 0 Å². The van der Waals surface area contributed by atoms with Crippen molar-refractivity contribution in [3.8, 4) is 5.75 Å². The first-order valence-electron chi connectivity index (χ1n) is 8.76. The number of nitrogens with one attached hydrogen (secondary N) is 2. The van der Waals surface area contributed by atoms with Crippen LogP contribution in [-0.2, 0) is 4.79 Å². The highest BCUT2D eigenvalue weighted by atomic mass is 16.5. The molecule has 0 fully saturated rings. The summed E-state index contributed by atoms with van der Waals surface area (Å²) in [6.07, 6.45) is 0. The second-order valence-corrected chi connectivity index (χ2v) is 6.43. The van der Waals surface area contributed by atoms with Gasteiger partial charge in [0.25, 0.3) is 0 Å². The van der Waals surface area contributed by atoms with Gasteiger partial charge in [-0.3, -0.25) is 10.1 Å². The molecule has 0 unspecified atom stereocenters. The van der Waals surface area contributed by atoms with Crippen LogP contribution in [0.2, 0.25) is 0 Å². The number of benzene rings is 3. The van der Waals surface area contributed by atoms with Crippen molar-refractivity contribution in [2.45, 2.75) is 25.9 Å². The Hall–Kier alpha value is -2.85. The SMILES string of the molecule is COc1ccc(NC(=O)[C@H](C)N[C@@H](C)c2ccc3ccccc3c2)cc1. The quantitative estimate of drug-likeness (QED) is 0.688. The Labute approximate surface area is 154 Å². The smallest absolute Gasteiger partial charge is 0.241 e. The Bertz CT molecular complexity index is 890. The summed E-state index contributed by atoms with van der Waals surface area (Å²) in [5, 5.41) is 8.71. The first kappa shape index (κ1) is 18.0. The molecule has 2 atom stereocenters. The van der Waals surface area contributed by atoms with Gasteiger partial charge in [0.1, 0.15) is 5.75 Å². The third-order valence-electron chi connectivity index (χ3n) is 4.52. The fraction of sp³-hybridized carbons (Fsp3) is 0.227. The number of methoxy groups -OCH3 is 1. The van der Waals surface area contributed by atoms with Crippen molar-refractivity contribution >= 4 is 22.4 Å². The number of carbonyl (C=O) groups is 1. The first-order chi connectivity index (χ1) is 12.6. The molecule has 0 saturated carbocycles. The number of fused-ring (bicyclic) bond motifs is 1. The lowest BCUT2D eigenvalue weighted by Gasteiger charge is -2.20. The molecule has 0 saturated heterocycles. The second kappa shape index (κ2) is 8.02. The van der Waals surface area contributed by atoms with Gasteiger partial charge in [-0.15, -0.1) is 0 Å². The zero-order valence-corrected chi connectivity index (χ0v) is 15.3. The minimum absolute atomic E-state index is 0.0659. The van der Waals surface area contributed by atoms with E-state index >= 15 is 0 Å². The Kier molecular flexibility index (Phi) is 5.54. The minimum atomic E-state index is -0.321. The maximum absolute atomic E-state index is 12.4. The minimum Gasteiger partial charge on any atom is -0.497 e. The molecule has 3 rings (SSSR count). The number of hydrogen-bond donors (Lipinski definition) is 2. The standard InChI is InChI=1S/C22H24N2O2/c1-15(18-9-8-17-6-4-5-7-19(17)14-18)23-16(2)22(25)24-20-10-12-21(26-3)13-11-20/h4-16,23H,1-3H3,(H,24,25)/t15-,16-/m0/s1. The predicted octanol–water partition coefficient (Wildman–Crippen LogP) is 4.53. The van der Waals surface area contributed by atoms with Crippen LogP contribution in [0.5, 0.6) is 5.75 Å². The van der Waals surface area contributed by atoms with E-state index in [2.05, 4.69) is 47.9 Å². The molecule has 134 valence electrons. The number of ether oxygens (including phenoxy) is 1. The molecule has 26 heavy (non-hydrogen) atoms. The van der Waals surface area contributed by atoms with E-state index in [1.807, 2.05) is 43.3 Å². The van der Waals surface area contributed by atoms with Crippen LogP contribution in [0.25, 0.3) is 10.8 Å². The summed E-state index contributed by atoms with van der Waals surface area (Å²) in [5.41, 5.74) is 1.91. The predicted molar refractivity (Wildman–Crippen MR) is 107 cm³/mol. The van der Waals surface area contributed by atoms with Gasteiger partial charge in [0, 0.05) is 11.7 Å². The zero-order chi connectivity index (χ0) is 18.5. The van der Waals surface area contributed by atoms with Crippen LogP contribution in [0.15, 0.2) is 66.7 Å². The van der Waals surface area contributed by atoms with Crippen molar-refractivity contribution in [2.75, 3.05) is 12.4 Å². The van der Waals surface area contributed by atoms with E-state index in [4.69, 9.17) is 4.74 Å². The maximum atomic E-state index is 12.4. The number of hydrogen-bond acceptors (Lipinski definition) is 3. The number of rotatable bonds is 6. The van der Waals surface area contributed by atoms with Crippen molar-refractivity contribution in [1.29, 1.82) is 0 Å². The summed E-state index contributed by atoms with van der Waals surface area (Å²) in [6, 6.07) is 21.7. The zero-order valence-electron chi connectivity index (χ0n) is 15.3. The molecule has 0 aromatic heterocycles. The van der Waals surface area contributed by atoms with E-state index in [0.717, 1.165) is 17.0 Å². The molecule has 0 aliphatic rings. The molecule has 0 heterocycles. The molecule has 0 radical (unpaired) electrons. The van der Waals surface area contributed by atoms with Crippen LogP contribution in [0.4, 0.5) is 5.69 Å². The van der Waals surface area contributed by atoms with Crippen LogP contribution < -0.4 is 15.4 Å². The van der Waals surface area contributed by atoms with Gasteiger partial charge >= 0.3 is 0 Å². The molecule has 3 aromatic rings. The lowest BCUT2D eigenvalue weighted by molar-refractivity contribution is -0.117. The van der Waals surface area contributed by atoms with Crippen LogP contribution in [0, 0.1) is 0 Å². The Balaban J connectivity index is 1.63. The monoisotopic (exact) mass is 348 g/mol. The molecule has 4 nitrogen and oxygen atoms in total. The largest absolute Gasteiger partial charge is 0.497 e. The van der Waals surface area contributed by atoms with Gasteiger partial charge in [-0.05, 0) is 60.5 Å². The lowest BCUT2D eigenvalue weighted by atomic mass is 10.0. The van der Waals surface area contributed by atoms with Gasteiger partial charge in [-0.1, -0.05) is 36.4 Å². The van der Waals surface area contributed by atoms with Gasteiger partial charge in [-0.2, -0.15) is 0 Å². The normalized spacial score (nSPS) is 13.2. The maximum Gasteiger partial charge on any atom is 0.241 e. The highest BCUT2D eigenvalue weighted by molar-refractivity contribution is 5.94. The highest BCUT2D eigenvalue weighted by Crippen LogP contribution is 2.21. The summed E-state index contributed by atoms with van der Waals surface area (Å²) in [6.45, 7) is 3.94. The topological polar surface area (TPSA) is 50.4 Å². The Morgan fingerprint density at radius 1 is 0.923 bits per heavy atom. The number of carbonyl (C=O) groups excluding carboxylic acids is 1. The molecule has 3 aromatic carbocycles. The van der Waals surface area contributed by atoms with Crippen LogP contribution >= 0.6 is 0 Å². The molecule has 0 spiro atoms. The van der Waals surface area contributed by atoms with E-state index in [-0.39, 0.29) is 18.0 Å². The summed E-state index contributed by atoms with van der Waals surface area (Å²) < 4.78 is 5.13. The molecular weight excluding hydrogens is 324 g/mol. The van der Waals surface area contributed by atoms with Crippen molar-refractivity contribution in [2.24, 2.45) is 0 Å². The van der Waals surface area contributed by atoms with Crippen LogP contribution in [0.3, 0.4) is 0 Å². The Morgan fingerprint density at radius 3 is 2.31 bits per heavy atom. The molecular formula is C22H24N2O2. The third kappa shape index (κ3) is 4.21. The van der Waals surface area contributed by atoms with E-state index < -0.39 is 0 Å². The van der Waals surface area contributed by atoms with Crippen LogP contribution in [0.1, 0.15) is 25.5 Å². The fourth-order valence-electron chi connectivity index (χ4n) is 2.95. The molecule has 0 aliphatic heterocycles. The lowest BCUT2D eigenvalue weighted by Crippen LogP contribution is -2.39. The number of anilines is 1. The van der Waals surface area contributed by atoms with Crippen molar-refractivity contribution in [3.63, 3.8) is 0 Å². The van der Waals surface area contributed by atoms with Gasteiger partial charge in [0.15, 0.2) is 0 Å². The van der Waals surface area contributed by atoms with Crippen LogP contribution in [-0.4, -0.2) is 19.1 Å². The molecule has 0 bridgehead atoms. The molecule has 1 amide bonds. The summed E-state index contributed by atoms with van der Waals surface area (Å²) in [7, 11) is 1.62. The van der Waals surface area contributed by atoms with E-state index in [1.165, 1.54) is 10.8 Å². The summed E-state index contributed by atoms with van der Waals surface area (Å²) >= 11 is 0. The van der Waals surface area contributed by atoms with E-state index in [1.54, 1.807) is 7.11 Å². The van der Waals surface area contributed by atoms with Gasteiger partial charge < -0.3 is 10.1 Å². The van der Waals surface area contributed by atoms with Gasteiger partial charge in [0.2, 0.25) is 5.91 Å². The molecule has 2 N–H and O–H groups in total. The molecule has 0 aliphatic carbocycles. The Morgan fingerprint density at radius 2 is 1.62 bits per heavy atom. The van der Waals surface area contributed by atoms with Gasteiger partial charge in [0.05, 0.1) is 13.2 Å². The van der Waals surface area contributed by atoms with Crippen molar-refractivity contribution < 1.29 is 9.53 Å². The average molecular weight is 348 g/mol. The second-order valence-electron chi connectivity index (χ2n) is 6.43. The highest BCUT2D eigenvalue weighted by Gasteiger charge is 2.16. The summed E-state index contributed by atoms with van der Waals surface area (Å²) in [4.78, 5) is 12.4. The van der Waals surface area contributed by atoms with Crippen molar-refractivity contribution in [3.05, 3.63) is 72.3 Å². The van der Waals surface area contributed by atoms with Crippen molar-refractivity contribution in [1.82, 2.24) is 5.32 Å².